The van der Waals surface area contributed by atoms with Gasteiger partial charge >= 0.3 is 0 Å². The molecule has 2 aliphatic heterocycles. The quantitative estimate of drug-likeness (QED) is 0.800. The number of hydrogen-bond acceptors (Lipinski definition) is 5. The molecule has 1 aromatic rings. The van der Waals surface area contributed by atoms with Crippen molar-refractivity contribution in [1.82, 2.24) is 15.3 Å². The van der Waals surface area contributed by atoms with Crippen LogP contribution in [0.3, 0.4) is 0 Å². The van der Waals surface area contributed by atoms with Crippen LogP contribution in [0.15, 0.2) is 6.20 Å². The Kier molecular flexibility index (Phi) is 3.18. The Morgan fingerprint density at radius 2 is 2.11 bits per heavy atom. The standard InChI is InChI=1S/C13H20N4O/c1-9-7-12-11(10(2)18-9)8-15-13(16-12)17-5-3-14-4-6-17/h8-10,14H,3-7H2,1-2H3. The summed E-state index contributed by atoms with van der Waals surface area (Å²) in [7, 11) is 0. The van der Waals surface area contributed by atoms with Crippen molar-refractivity contribution in [2.45, 2.75) is 32.5 Å². The van der Waals surface area contributed by atoms with Gasteiger partial charge in [-0.25, -0.2) is 9.97 Å². The number of fused-ring (bicyclic) bond motifs is 1. The van der Waals surface area contributed by atoms with Crippen molar-refractivity contribution in [1.29, 1.82) is 0 Å². The van der Waals surface area contributed by atoms with E-state index in [1.54, 1.807) is 0 Å². The molecule has 3 heterocycles. The van der Waals surface area contributed by atoms with Crippen LogP contribution in [0.4, 0.5) is 5.95 Å². The maximum atomic E-state index is 5.79. The number of nitrogens with zero attached hydrogens (tertiary/aromatic N) is 3. The van der Waals surface area contributed by atoms with E-state index < -0.39 is 0 Å². The molecular weight excluding hydrogens is 228 g/mol. The summed E-state index contributed by atoms with van der Waals surface area (Å²) in [5.74, 6) is 0.872. The van der Waals surface area contributed by atoms with E-state index in [-0.39, 0.29) is 12.2 Å². The lowest BCUT2D eigenvalue weighted by atomic mass is 10.0. The molecular formula is C13H20N4O. The van der Waals surface area contributed by atoms with Gasteiger partial charge in [0.1, 0.15) is 0 Å². The van der Waals surface area contributed by atoms with Crippen LogP contribution in [0.25, 0.3) is 0 Å². The fourth-order valence-electron chi connectivity index (χ4n) is 2.68. The van der Waals surface area contributed by atoms with Crippen LogP contribution in [-0.2, 0) is 11.2 Å². The Bertz CT molecular complexity index is 431. The summed E-state index contributed by atoms with van der Waals surface area (Å²) in [5.41, 5.74) is 2.30. The highest BCUT2D eigenvalue weighted by Gasteiger charge is 2.25. The van der Waals surface area contributed by atoms with Crippen molar-refractivity contribution in [3.05, 3.63) is 17.5 Å². The Balaban J connectivity index is 1.87. The summed E-state index contributed by atoms with van der Waals surface area (Å²) in [6.45, 7) is 8.17. The SMILES string of the molecule is CC1Cc2nc(N3CCNCC3)ncc2C(C)O1. The van der Waals surface area contributed by atoms with Crippen molar-refractivity contribution in [3.8, 4) is 0 Å². The van der Waals surface area contributed by atoms with Gasteiger partial charge in [-0.2, -0.15) is 0 Å². The van der Waals surface area contributed by atoms with E-state index in [2.05, 4.69) is 29.0 Å². The van der Waals surface area contributed by atoms with E-state index in [0.29, 0.717) is 0 Å². The number of ether oxygens (including phenoxy) is 1. The van der Waals surface area contributed by atoms with Gasteiger partial charge in [-0.05, 0) is 13.8 Å². The topological polar surface area (TPSA) is 50.3 Å². The van der Waals surface area contributed by atoms with E-state index >= 15 is 0 Å². The smallest absolute Gasteiger partial charge is 0.225 e. The van der Waals surface area contributed by atoms with Crippen LogP contribution in [0.1, 0.15) is 31.2 Å². The number of aromatic nitrogens is 2. The first-order valence-corrected chi connectivity index (χ1v) is 6.71. The molecule has 98 valence electrons. The molecule has 0 saturated carbocycles. The summed E-state index contributed by atoms with van der Waals surface area (Å²) >= 11 is 0. The van der Waals surface area contributed by atoms with Crippen molar-refractivity contribution in [3.63, 3.8) is 0 Å². The van der Waals surface area contributed by atoms with E-state index in [4.69, 9.17) is 9.72 Å². The van der Waals surface area contributed by atoms with Gasteiger partial charge in [-0.3, -0.25) is 0 Å². The van der Waals surface area contributed by atoms with E-state index in [9.17, 15) is 0 Å². The molecule has 0 amide bonds. The third kappa shape index (κ3) is 2.20. The maximum Gasteiger partial charge on any atom is 0.225 e. The highest BCUT2D eigenvalue weighted by Crippen LogP contribution is 2.29. The second-order valence-corrected chi connectivity index (χ2v) is 5.10. The molecule has 5 heteroatoms. The summed E-state index contributed by atoms with van der Waals surface area (Å²) in [4.78, 5) is 11.5. The monoisotopic (exact) mass is 248 g/mol. The first-order valence-electron chi connectivity index (χ1n) is 6.71. The number of nitrogens with one attached hydrogen (secondary N) is 1. The van der Waals surface area contributed by atoms with Gasteiger partial charge in [0.05, 0.1) is 17.9 Å². The van der Waals surface area contributed by atoms with E-state index in [1.165, 1.54) is 0 Å². The highest BCUT2D eigenvalue weighted by atomic mass is 16.5. The van der Waals surface area contributed by atoms with Crippen LogP contribution in [-0.4, -0.2) is 42.3 Å². The van der Waals surface area contributed by atoms with Gasteiger partial charge in [0.15, 0.2) is 0 Å². The van der Waals surface area contributed by atoms with Crippen molar-refractivity contribution in [2.75, 3.05) is 31.1 Å². The lowest BCUT2D eigenvalue weighted by Gasteiger charge is -2.30. The molecule has 18 heavy (non-hydrogen) atoms. The summed E-state index contributed by atoms with van der Waals surface area (Å²) in [5, 5.41) is 3.34. The zero-order valence-corrected chi connectivity index (χ0v) is 11.0. The molecule has 1 saturated heterocycles. The fourth-order valence-corrected chi connectivity index (χ4v) is 2.68. The minimum atomic E-state index is 0.112. The molecule has 3 rings (SSSR count). The highest BCUT2D eigenvalue weighted by molar-refractivity contribution is 5.35. The van der Waals surface area contributed by atoms with Crippen molar-refractivity contribution < 1.29 is 4.74 Å². The Labute approximate surface area is 108 Å². The minimum Gasteiger partial charge on any atom is -0.370 e. The third-order valence-electron chi connectivity index (χ3n) is 3.64. The van der Waals surface area contributed by atoms with Crippen LogP contribution >= 0.6 is 0 Å². The predicted octanol–water partition coefficient (Wildman–Crippen LogP) is 0.908. The lowest BCUT2D eigenvalue weighted by molar-refractivity contribution is -0.00618. The Morgan fingerprint density at radius 3 is 2.89 bits per heavy atom. The molecule has 2 atom stereocenters. The zero-order chi connectivity index (χ0) is 12.5. The summed E-state index contributed by atoms with van der Waals surface area (Å²) in [6, 6.07) is 0. The molecule has 1 N–H and O–H groups in total. The number of hydrogen-bond donors (Lipinski definition) is 1. The second kappa shape index (κ2) is 4.82. The van der Waals surface area contributed by atoms with E-state index in [1.807, 2.05) is 6.20 Å². The van der Waals surface area contributed by atoms with Gasteiger partial charge < -0.3 is 15.0 Å². The Hall–Kier alpha value is -1.20. The van der Waals surface area contributed by atoms with Gasteiger partial charge in [0.2, 0.25) is 5.95 Å². The third-order valence-corrected chi connectivity index (χ3v) is 3.64. The predicted molar refractivity (Wildman–Crippen MR) is 69.8 cm³/mol. The van der Waals surface area contributed by atoms with Crippen LogP contribution < -0.4 is 10.2 Å². The van der Waals surface area contributed by atoms with Crippen molar-refractivity contribution >= 4 is 5.95 Å². The average Bonchev–Trinajstić information content (AvgIpc) is 2.39. The van der Waals surface area contributed by atoms with Crippen LogP contribution in [0.2, 0.25) is 0 Å². The minimum absolute atomic E-state index is 0.112. The van der Waals surface area contributed by atoms with Crippen LogP contribution in [0.5, 0.6) is 0 Å². The molecule has 1 aromatic heterocycles. The number of anilines is 1. The molecule has 0 aromatic carbocycles. The number of piperazine rings is 1. The number of rotatable bonds is 1. The molecule has 0 spiro atoms. The van der Waals surface area contributed by atoms with Crippen molar-refractivity contribution in [2.24, 2.45) is 0 Å². The Morgan fingerprint density at radius 1 is 1.33 bits per heavy atom. The second-order valence-electron chi connectivity index (χ2n) is 5.10. The summed E-state index contributed by atoms with van der Waals surface area (Å²) < 4.78 is 5.79. The van der Waals surface area contributed by atoms with Gasteiger partial charge in [-0.15, -0.1) is 0 Å². The molecule has 2 unspecified atom stereocenters. The average molecular weight is 248 g/mol. The molecule has 0 radical (unpaired) electrons. The lowest BCUT2D eigenvalue weighted by Crippen LogP contribution is -2.44. The van der Waals surface area contributed by atoms with Gasteiger partial charge in [0.25, 0.3) is 0 Å². The normalized spacial score (nSPS) is 28.0. The maximum absolute atomic E-state index is 5.79. The fraction of sp³-hybridized carbons (Fsp3) is 0.692. The first-order chi connectivity index (χ1) is 8.74. The van der Waals surface area contributed by atoms with Gasteiger partial charge in [-0.1, -0.05) is 0 Å². The molecule has 1 fully saturated rings. The molecule has 0 bridgehead atoms. The molecule has 5 nitrogen and oxygen atoms in total. The zero-order valence-electron chi connectivity index (χ0n) is 11.0. The van der Waals surface area contributed by atoms with Gasteiger partial charge in [0, 0.05) is 44.4 Å². The first kappa shape index (κ1) is 11.9. The van der Waals surface area contributed by atoms with E-state index in [0.717, 1.165) is 49.8 Å². The summed E-state index contributed by atoms with van der Waals surface area (Å²) in [6.07, 6.45) is 3.19. The molecule has 0 aliphatic carbocycles. The molecule has 2 aliphatic rings. The van der Waals surface area contributed by atoms with Crippen LogP contribution in [0, 0.1) is 0 Å². The largest absolute Gasteiger partial charge is 0.370 e.